The summed E-state index contributed by atoms with van der Waals surface area (Å²) in [4.78, 5) is 1.21. The topological polar surface area (TPSA) is 21.3 Å². The van der Waals surface area contributed by atoms with Crippen LogP contribution < -0.4 is 10.1 Å². The minimum Gasteiger partial charge on any atom is -0.496 e. The van der Waals surface area contributed by atoms with E-state index in [0.717, 1.165) is 22.5 Å². The molecule has 1 aromatic heterocycles. The summed E-state index contributed by atoms with van der Waals surface area (Å²) in [6.45, 7) is 0.789. The number of nitrogens with one attached hydrogen (secondary N) is 1. The summed E-state index contributed by atoms with van der Waals surface area (Å²) >= 11 is 5.15. The van der Waals surface area contributed by atoms with Crippen molar-refractivity contribution in [3.05, 3.63) is 45.1 Å². The van der Waals surface area contributed by atoms with Crippen LogP contribution in [0.3, 0.4) is 0 Å². The van der Waals surface area contributed by atoms with Gasteiger partial charge >= 0.3 is 0 Å². The van der Waals surface area contributed by atoms with Crippen LogP contribution in [0, 0.1) is 0 Å². The Kier molecular flexibility index (Phi) is 3.85. The Morgan fingerprint density at radius 3 is 3.00 bits per heavy atom. The Hall–Kier alpha value is -1.00. The first kappa shape index (κ1) is 11.5. The quantitative estimate of drug-likeness (QED) is 0.916. The molecule has 0 saturated heterocycles. The Bertz CT molecular complexity index is 470. The fourth-order valence-corrected chi connectivity index (χ4v) is 2.60. The minimum atomic E-state index is 0.789. The molecule has 1 heterocycles. The van der Waals surface area contributed by atoms with Crippen LogP contribution in [0.5, 0.6) is 5.75 Å². The normalized spacial score (nSPS) is 10.1. The van der Waals surface area contributed by atoms with E-state index in [1.807, 2.05) is 29.6 Å². The average Bonchev–Trinajstić information content (AvgIpc) is 2.74. The van der Waals surface area contributed by atoms with Gasteiger partial charge in [0.25, 0.3) is 0 Å². The zero-order valence-electron chi connectivity index (χ0n) is 8.87. The van der Waals surface area contributed by atoms with Crippen LogP contribution in [0.25, 0.3) is 0 Å². The van der Waals surface area contributed by atoms with Crippen molar-refractivity contribution >= 4 is 33.0 Å². The predicted molar refractivity (Wildman–Crippen MR) is 72.3 cm³/mol. The van der Waals surface area contributed by atoms with Crippen LogP contribution in [0.2, 0.25) is 0 Å². The third-order valence-electron chi connectivity index (χ3n) is 2.20. The molecule has 84 valence electrons. The molecule has 2 aromatic rings. The third kappa shape index (κ3) is 2.77. The van der Waals surface area contributed by atoms with Gasteiger partial charge in [-0.05, 0) is 29.6 Å². The monoisotopic (exact) mass is 297 g/mol. The molecule has 4 heteroatoms. The Morgan fingerprint density at radius 1 is 1.38 bits per heavy atom. The summed E-state index contributed by atoms with van der Waals surface area (Å²) in [6, 6.07) is 10.1. The Morgan fingerprint density at radius 2 is 2.25 bits per heavy atom. The van der Waals surface area contributed by atoms with Crippen LogP contribution in [0.1, 0.15) is 4.88 Å². The van der Waals surface area contributed by atoms with Gasteiger partial charge in [-0.1, -0.05) is 22.0 Å². The van der Waals surface area contributed by atoms with Crippen LogP contribution in [0.4, 0.5) is 5.69 Å². The Balaban J connectivity index is 2.02. The van der Waals surface area contributed by atoms with Crippen molar-refractivity contribution in [3.8, 4) is 5.75 Å². The average molecular weight is 298 g/mol. The molecule has 0 atom stereocenters. The van der Waals surface area contributed by atoms with Crippen molar-refractivity contribution in [1.82, 2.24) is 0 Å². The van der Waals surface area contributed by atoms with E-state index in [1.54, 1.807) is 18.4 Å². The predicted octanol–water partition coefficient (Wildman–Crippen LogP) is 4.13. The first-order valence-corrected chi connectivity index (χ1v) is 6.56. The molecule has 0 aliphatic rings. The van der Waals surface area contributed by atoms with Gasteiger partial charge in [-0.15, -0.1) is 11.3 Å². The van der Waals surface area contributed by atoms with Crippen LogP contribution in [-0.2, 0) is 6.54 Å². The maximum atomic E-state index is 5.26. The molecule has 0 amide bonds. The third-order valence-corrected chi connectivity index (χ3v) is 3.60. The molecule has 0 fully saturated rings. The second kappa shape index (κ2) is 5.37. The van der Waals surface area contributed by atoms with Crippen LogP contribution in [0.15, 0.2) is 40.2 Å². The zero-order valence-corrected chi connectivity index (χ0v) is 11.3. The molecule has 1 N–H and O–H groups in total. The molecule has 1 aromatic carbocycles. The van der Waals surface area contributed by atoms with Crippen LogP contribution in [-0.4, -0.2) is 7.11 Å². The van der Waals surface area contributed by atoms with Crippen molar-refractivity contribution in [2.24, 2.45) is 0 Å². The summed E-state index contributed by atoms with van der Waals surface area (Å²) in [7, 11) is 1.70. The van der Waals surface area contributed by atoms with E-state index in [0.29, 0.717) is 0 Å². The lowest BCUT2D eigenvalue weighted by Crippen LogP contribution is -1.98. The van der Waals surface area contributed by atoms with Gasteiger partial charge in [0.15, 0.2) is 0 Å². The van der Waals surface area contributed by atoms with E-state index in [1.165, 1.54) is 4.88 Å². The largest absolute Gasteiger partial charge is 0.496 e. The van der Waals surface area contributed by atoms with E-state index in [2.05, 4.69) is 27.3 Å². The number of halogens is 1. The summed E-state index contributed by atoms with van der Waals surface area (Å²) in [5.74, 6) is 0.951. The van der Waals surface area contributed by atoms with Crippen molar-refractivity contribution in [2.45, 2.75) is 6.54 Å². The smallest absolute Gasteiger partial charge is 0.134 e. The number of hydrogen-bond donors (Lipinski definition) is 1. The molecule has 0 radical (unpaired) electrons. The highest BCUT2D eigenvalue weighted by Crippen LogP contribution is 2.25. The van der Waals surface area contributed by atoms with Crippen molar-refractivity contribution in [2.75, 3.05) is 12.4 Å². The highest BCUT2D eigenvalue weighted by atomic mass is 79.9. The number of rotatable bonds is 4. The van der Waals surface area contributed by atoms with Gasteiger partial charge in [-0.3, -0.25) is 0 Å². The molecule has 16 heavy (non-hydrogen) atoms. The minimum absolute atomic E-state index is 0.789. The second-order valence-electron chi connectivity index (χ2n) is 3.28. The number of benzene rings is 1. The van der Waals surface area contributed by atoms with Gasteiger partial charge in [-0.25, -0.2) is 0 Å². The molecule has 2 nitrogen and oxygen atoms in total. The van der Waals surface area contributed by atoms with E-state index in [4.69, 9.17) is 4.74 Å². The summed E-state index contributed by atoms with van der Waals surface area (Å²) < 4.78 is 6.34. The van der Waals surface area contributed by atoms with Gasteiger partial charge in [0, 0.05) is 10.2 Å². The number of anilines is 1. The second-order valence-corrected chi connectivity index (χ2v) is 5.19. The number of ether oxygens (including phenoxy) is 1. The van der Waals surface area contributed by atoms with Gasteiger partial charge in [0.05, 0.1) is 18.5 Å². The molecular formula is C12H12BrNOS. The first-order valence-electron chi connectivity index (χ1n) is 4.89. The molecule has 2 rings (SSSR count). The standard InChI is InChI=1S/C12H12BrNOS/c1-15-11-5-6-16-12(11)8-14-10-4-2-3-9(13)7-10/h2-7,14H,8H2,1H3. The van der Waals surface area contributed by atoms with Crippen molar-refractivity contribution in [1.29, 1.82) is 0 Å². The maximum absolute atomic E-state index is 5.26. The van der Waals surface area contributed by atoms with Crippen LogP contribution >= 0.6 is 27.3 Å². The lowest BCUT2D eigenvalue weighted by molar-refractivity contribution is 0.413. The van der Waals surface area contributed by atoms with E-state index in [9.17, 15) is 0 Å². The lowest BCUT2D eigenvalue weighted by Gasteiger charge is -2.06. The molecule has 0 aliphatic heterocycles. The van der Waals surface area contributed by atoms with E-state index < -0.39 is 0 Å². The highest BCUT2D eigenvalue weighted by molar-refractivity contribution is 9.10. The van der Waals surface area contributed by atoms with Gasteiger partial charge in [0.2, 0.25) is 0 Å². The molecule has 0 saturated carbocycles. The molecule has 0 spiro atoms. The molecule has 0 unspecified atom stereocenters. The summed E-state index contributed by atoms with van der Waals surface area (Å²) in [5, 5.41) is 5.40. The fourth-order valence-electron chi connectivity index (χ4n) is 1.42. The van der Waals surface area contributed by atoms with Gasteiger partial charge in [0.1, 0.15) is 5.75 Å². The van der Waals surface area contributed by atoms with Crippen molar-refractivity contribution < 1.29 is 4.74 Å². The molecule has 0 aliphatic carbocycles. The molecular weight excluding hydrogens is 286 g/mol. The van der Waals surface area contributed by atoms with Gasteiger partial charge < -0.3 is 10.1 Å². The fraction of sp³-hybridized carbons (Fsp3) is 0.167. The lowest BCUT2D eigenvalue weighted by atomic mass is 10.3. The SMILES string of the molecule is COc1ccsc1CNc1cccc(Br)c1. The number of thiophene rings is 1. The summed E-state index contributed by atoms with van der Waals surface area (Å²) in [6.07, 6.45) is 0. The zero-order chi connectivity index (χ0) is 11.4. The van der Waals surface area contributed by atoms with Gasteiger partial charge in [-0.2, -0.15) is 0 Å². The highest BCUT2D eigenvalue weighted by Gasteiger charge is 2.03. The summed E-state index contributed by atoms with van der Waals surface area (Å²) in [5.41, 5.74) is 1.10. The Labute approximate surface area is 107 Å². The number of methoxy groups -OCH3 is 1. The maximum Gasteiger partial charge on any atom is 0.134 e. The first-order chi connectivity index (χ1) is 7.79. The number of hydrogen-bond acceptors (Lipinski definition) is 3. The van der Waals surface area contributed by atoms with E-state index in [-0.39, 0.29) is 0 Å². The van der Waals surface area contributed by atoms with E-state index >= 15 is 0 Å². The van der Waals surface area contributed by atoms with Crippen molar-refractivity contribution in [3.63, 3.8) is 0 Å². The molecule has 0 bridgehead atoms.